The van der Waals surface area contributed by atoms with E-state index in [0.717, 1.165) is 6.04 Å². The summed E-state index contributed by atoms with van der Waals surface area (Å²) in [5.41, 5.74) is 0. The minimum Gasteiger partial charge on any atom is -0.473 e. The van der Waals surface area contributed by atoms with Gasteiger partial charge in [0.2, 0.25) is 0 Å². The van der Waals surface area contributed by atoms with Gasteiger partial charge >= 0.3 is 11.9 Å². The lowest BCUT2D eigenvalue weighted by molar-refractivity contribution is -0.159. The lowest BCUT2D eigenvalue weighted by atomic mass is 9.93. The van der Waals surface area contributed by atoms with Gasteiger partial charge in [-0.05, 0) is 19.8 Å². The van der Waals surface area contributed by atoms with E-state index in [1.807, 2.05) is 0 Å². The van der Waals surface area contributed by atoms with Gasteiger partial charge in [-0.15, -0.1) is 0 Å². The van der Waals surface area contributed by atoms with Crippen LogP contribution in [0.2, 0.25) is 0 Å². The monoisotopic (exact) mass is 272 g/mol. The summed E-state index contributed by atoms with van der Waals surface area (Å²) in [5, 5.41) is 18.3. The zero-order valence-corrected chi connectivity index (χ0v) is 11.5. The van der Waals surface area contributed by atoms with Gasteiger partial charge in [-0.3, -0.25) is 4.90 Å². The number of piperazine rings is 1. The maximum absolute atomic E-state index is 9.10. The van der Waals surface area contributed by atoms with Gasteiger partial charge in [0.05, 0.1) is 0 Å². The van der Waals surface area contributed by atoms with Crippen molar-refractivity contribution in [1.82, 2.24) is 10.2 Å². The minimum absolute atomic E-state index is 0.704. The second-order valence-electron chi connectivity index (χ2n) is 5.25. The third-order valence-corrected chi connectivity index (χ3v) is 3.67. The number of nitrogens with zero attached hydrogens (tertiary/aromatic N) is 1. The van der Waals surface area contributed by atoms with E-state index in [1.54, 1.807) is 0 Å². The molecule has 0 unspecified atom stereocenters. The third kappa shape index (κ3) is 6.02. The highest BCUT2D eigenvalue weighted by molar-refractivity contribution is 6.27. The van der Waals surface area contributed by atoms with Gasteiger partial charge in [-0.25, -0.2) is 9.59 Å². The van der Waals surface area contributed by atoms with Crippen molar-refractivity contribution in [2.24, 2.45) is 0 Å². The molecule has 0 radical (unpaired) electrons. The van der Waals surface area contributed by atoms with Gasteiger partial charge < -0.3 is 15.5 Å². The Morgan fingerprint density at radius 2 is 1.68 bits per heavy atom. The minimum atomic E-state index is -1.82. The maximum Gasteiger partial charge on any atom is 0.414 e. The summed E-state index contributed by atoms with van der Waals surface area (Å²) in [6, 6.07) is 1.62. The van der Waals surface area contributed by atoms with Crippen LogP contribution in [-0.2, 0) is 9.59 Å². The predicted molar refractivity (Wildman–Crippen MR) is 71.2 cm³/mol. The first-order chi connectivity index (χ1) is 9.00. The van der Waals surface area contributed by atoms with Gasteiger partial charge in [-0.2, -0.15) is 0 Å². The molecular formula is C13H24N2O4. The molecule has 2 fully saturated rings. The fourth-order valence-corrected chi connectivity index (χ4v) is 2.74. The molecule has 1 saturated carbocycles. The molecule has 0 spiro atoms. The Morgan fingerprint density at radius 3 is 2.16 bits per heavy atom. The van der Waals surface area contributed by atoms with Crippen molar-refractivity contribution in [3.8, 4) is 0 Å². The largest absolute Gasteiger partial charge is 0.473 e. The Kier molecular flexibility index (Phi) is 6.80. The number of rotatable bonds is 1. The summed E-state index contributed by atoms with van der Waals surface area (Å²) in [4.78, 5) is 20.9. The molecule has 0 aromatic rings. The molecule has 3 N–H and O–H groups in total. The molecule has 0 aromatic carbocycles. The van der Waals surface area contributed by atoms with Crippen LogP contribution in [0.15, 0.2) is 0 Å². The molecule has 1 saturated heterocycles. The zero-order valence-electron chi connectivity index (χ0n) is 11.5. The molecule has 2 rings (SSSR count). The Balaban J connectivity index is 0.000000258. The van der Waals surface area contributed by atoms with Gasteiger partial charge in [0.1, 0.15) is 0 Å². The van der Waals surface area contributed by atoms with Crippen LogP contribution >= 0.6 is 0 Å². The molecule has 0 bridgehead atoms. The van der Waals surface area contributed by atoms with Crippen LogP contribution < -0.4 is 5.32 Å². The van der Waals surface area contributed by atoms with E-state index in [9.17, 15) is 0 Å². The summed E-state index contributed by atoms with van der Waals surface area (Å²) in [5.74, 6) is -3.65. The molecule has 0 amide bonds. The van der Waals surface area contributed by atoms with Crippen LogP contribution in [0.1, 0.15) is 39.0 Å². The van der Waals surface area contributed by atoms with E-state index in [2.05, 4.69) is 17.1 Å². The van der Waals surface area contributed by atoms with Gasteiger partial charge in [0.15, 0.2) is 0 Å². The first kappa shape index (κ1) is 15.9. The van der Waals surface area contributed by atoms with Crippen molar-refractivity contribution in [3.63, 3.8) is 0 Å². The quantitative estimate of drug-likeness (QED) is 0.611. The summed E-state index contributed by atoms with van der Waals surface area (Å²) in [6.45, 7) is 6.03. The standard InChI is InChI=1S/C11H22N2.C2H2O4/c1-10-9-13(8-7-12-10)11-5-3-2-4-6-11;3-1(4)2(5)6/h10-12H,2-9H2,1H3;(H,3,4)(H,5,6)/t10-;/m1./s1. The molecule has 1 aliphatic heterocycles. The van der Waals surface area contributed by atoms with Gasteiger partial charge in [-0.1, -0.05) is 19.3 Å². The maximum atomic E-state index is 9.10. The van der Waals surface area contributed by atoms with Crippen molar-refractivity contribution >= 4 is 11.9 Å². The van der Waals surface area contributed by atoms with E-state index >= 15 is 0 Å². The second-order valence-corrected chi connectivity index (χ2v) is 5.25. The molecule has 1 heterocycles. The molecule has 110 valence electrons. The predicted octanol–water partition coefficient (Wildman–Crippen LogP) is 0.768. The fraction of sp³-hybridized carbons (Fsp3) is 0.846. The van der Waals surface area contributed by atoms with Crippen LogP contribution in [-0.4, -0.2) is 58.8 Å². The smallest absolute Gasteiger partial charge is 0.414 e. The first-order valence-electron chi connectivity index (χ1n) is 6.94. The highest BCUT2D eigenvalue weighted by atomic mass is 16.4. The summed E-state index contributed by atoms with van der Waals surface area (Å²) < 4.78 is 0. The Morgan fingerprint density at radius 1 is 1.11 bits per heavy atom. The molecule has 6 heteroatoms. The fourth-order valence-electron chi connectivity index (χ4n) is 2.74. The first-order valence-corrected chi connectivity index (χ1v) is 6.94. The van der Waals surface area contributed by atoms with Crippen LogP contribution in [0.25, 0.3) is 0 Å². The zero-order chi connectivity index (χ0) is 14.3. The lowest BCUT2D eigenvalue weighted by Crippen LogP contribution is -2.53. The third-order valence-electron chi connectivity index (χ3n) is 3.67. The van der Waals surface area contributed by atoms with E-state index in [-0.39, 0.29) is 0 Å². The topological polar surface area (TPSA) is 89.9 Å². The molecule has 1 aliphatic carbocycles. The van der Waals surface area contributed by atoms with Crippen LogP contribution in [0, 0.1) is 0 Å². The number of carbonyl (C=O) groups is 2. The summed E-state index contributed by atoms with van der Waals surface area (Å²) in [6.07, 6.45) is 7.30. The molecular weight excluding hydrogens is 248 g/mol. The lowest BCUT2D eigenvalue weighted by Gasteiger charge is -2.39. The average molecular weight is 272 g/mol. The molecule has 19 heavy (non-hydrogen) atoms. The molecule has 1 atom stereocenters. The number of hydrogen-bond donors (Lipinski definition) is 3. The number of carboxylic acids is 2. The van der Waals surface area contributed by atoms with Crippen molar-refractivity contribution in [3.05, 3.63) is 0 Å². The van der Waals surface area contributed by atoms with Crippen LogP contribution in [0.4, 0.5) is 0 Å². The van der Waals surface area contributed by atoms with Crippen molar-refractivity contribution < 1.29 is 19.8 Å². The van der Waals surface area contributed by atoms with E-state index < -0.39 is 11.9 Å². The van der Waals surface area contributed by atoms with E-state index in [4.69, 9.17) is 19.8 Å². The number of carboxylic acid groups (broad SMARTS) is 2. The molecule has 2 aliphatic rings. The van der Waals surface area contributed by atoms with E-state index in [0.29, 0.717) is 6.04 Å². The summed E-state index contributed by atoms with van der Waals surface area (Å²) >= 11 is 0. The van der Waals surface area contributed by atoms with E-state index in [1.165, 1.54) is 51.7 Å². The average Bonchev–Trinajstić information content (AvgIpc) is 2.40. The Bertz CT molecular complexity index is 291. The van der Waals surface area contributed by atoms with Crippen molar-refractivity contribution in [2.45, 2.75) is 51.1 Å². The Hall–Kier alpha value is -1.14. The van der Waals surface area contributed by atoms with Gasteiger partial charge in [0.25, 0.3) is 0 Å². The summed E-state index contributed by atoms with van der Waals surface area (Å²) in [7, 11) is 0. The van der Waals surface area contributed by atoms with Crippen molar-refractivity contribution in [2.75, 3.05) is 19.6 Å². The number of hydrogen-bond acceptors (Lipinski definition) is 4. The SMILES string of the molecule is C[C@@H]1CN(C2CCCCC2)CCN1.O=C(O)C(=O)O. The number of nitrogens with one attached hydrogen (secondary N) is 1. The molecule has 0 aromatic heterocycles. The normalized spacial score (nSPS) is 25.2. The molecule has 6 nitrogen and oxygen atoms in total. The van der Waals surface area contributed by atoms with Crippen molar-refractivity contribution in [1.29, 1.82) is 0 Å². The number of aliphatic carboxylic acids is 2. The Labute approximate surface area is 113 Å². The van der Waals surface area contributed by atoms with Gasteiger partial charge in [0, 0.05) is 31.7 Å². The highest BCUT2D eigenvalue weighted by Gasteiger charge is 2.24. The second kappa shape index (κ2) is 8.12. The highest BCUT2D eigenvalue weighted by Crippen LogP contribution is 2.23. The van der Waals surface area contributed by atoms with Crippen LogP contribution in [0.5, 0.6) is 0 Å². The van der Waals surface area contributed by atoms with Crippen LogP contribution in [0.3, 0.4) is 0 Å².